The van der Waals surface area contributed by atoms with Gasteiger partial charge < -0.3 is 0 Å². The minimum atomic E-state index is -4.76. The summed E-state index contributed by atoms with van der Waals surface area (Å²) in [6.07, 6.45) is -4.01. The van der Waals surface area contributed by atoms with Gasteiger partial charge in [-0.15, -0.1) is 0 Å². The van der Waals surface area contributed by atoms with Crippen LogP contribution in [0.3, 0.4) is 0 Å². The molecule has 0 N–H and O–H groups in total. The molecule has 0 amide bonds. The van der Waals surface area contributed by atoms with Gasteiger partial charge >= 0.3 is 6.18 Å². The van der Waals surface area contributed by atoms with Gasteiger partial charge in [0.2, 0.25) is 10.0 Å². The zero-order valence-electron chi connectivity index (χ0n) is 13.7. The first-order valence-electron chi connectivity index (χ1n) is 8.18. The molecule has 0 aromatic heterocycles. The molecule has 3 aliphatic rings. The fraction of sp³-hybridized carbons (Fsp3) is 0.529. The highest BCUT2D eigenvalue weighted by atomic mass is 32.2. The fourth-order valence-corrected chi connectivity index (χ4v) is 7.38. The van der Waals surface area contributed by atoms with Crippen molar-refractivity contribution in [2.45, 2.75) is 30.7 Å². The zero-order chi connectivity index (χ0) is 19.1. The van der Waals surface area contributed by atoms with Crippen LogP contribution in [-0.2, 0) is 21.0 Å². The molecule has 1 heterocycles. The van der Waals surface area contributed by atoms with Crippen molar-refractivity contribution in [1.29, 1.82) is 5.26 Å². The monoisotopic (exact) mass is 384 g/mol. The molecular weight excluding hydrogens is 369 g/mol. The van der Waals surface area contributed by atoms with Crippen molar-refractivity contribution in [3.63, 3.8) is 0 Å². The average Bonchev–Trinajstić information content (AvgIpc) is 3.13. The van der Waals surface area contributed by atoms with Gasteiger partial charge in [0.05, 0.1) is 27.6 Å². The maximum absolute atomic E-state index is 13.2. The molecule has 2 saturated carbocycles. The molecule has 1 aromatic carbocycles. The van der Waals surface area contributed by atoms with E-state index in [1.165, 1.54) is 12.1 Å². The number of carbonyl (C=O) groups excluding carboxylic acids is 1. The average molecular weight is 384 g/mol. The van der Waals surface area contributed by atoms with Crippen LogP contribution in [-0.4, -0.2) is 25.5 Å². The first-order valence-corrected chi connectivity index (χ1v) is 9.62. The number of anilines is 1. The van der Waals surface area contributed by atoms with E-state index in [-0.39, 0.29) is 36.3 Å². The van der Waals surface area contributed by atoms with Gasteiger partial charge in [0.25, 0.3) is 0 Å². The molecule has 0 radical (unpaired) electrons. The predicted octanol–water partition coefficient (Wildman–Crippen LogP) is 2.71. The van der Waals surface area contributed by atoms with E-state index in [1.807, 2.05) is 0 Å². The molecule has 5 nitrogen and oxygen atoms in total. The Bertz CT molecular complexity index is 966. The van der Waals surface area contributed by atoms with E-state index in [4.69, 9.17) is 5.26 Å². The summed E-state index contributed by atoms with van der Waals surface area (Å²) in [7, 11) is -3.92. The number of halogens is 3. The summed E-state index contributed by atoms with van der Waals surface area (Å²) in [6, 6.07) is 4.41. The maximum atomic E-state index is 13.2. The summed E-state index contributed by atoms with van der Waals surface area (Å²) in [4.78, 5) is 12.0. The van der Waals surface area contributed by atoms with E-state index in [9.17, 15) is 26.4 Å². The van der Waals surface area contributed by atoms with Crippen LogP contribution in [0.2, 0.25) is 0 Å². The number of ketones is 1. The first kappa shape index (κ1) is 17.3. The number of alkyl halides is 3. The Morgan fingerprint density at radius 1 is 1.35 bits per heavy atom. The van der Waals surface area contributed by atoms with Crippen LogP contribution in [0.5, 0.6) is 0 Å². The van der Waals surface area contributed by atoms with Crippen molar-refractivity contribution in [2.24, 2.45) is 17.8 Å². The van der Waals surface area contributed by atoms with Gasteiger partial charge in [-0.2, -0.15) is 18.4 Å². The molecule has 1 saturated heterocycles. The van der Waals surface area contributed by atoms with Crippen molar-refractivity contribution in [2.75, 3.05) is 10.8 Å². The van der Waals surface area contributed by atoms with Gasteiger partial charge in [-0.05, 0) is 37.5 Å². The molecule has 9 heteroatoms. The molecule has 4 atom stereocenters. The van der Waals surface area contributed by atoms with E-state index in [1.54, 1.807) is 6.92 Å². The highest BCUT2D eigenvalue weighted by Crippen LogP contribution is 2.61. The smallest absolute Gasteiger partial charge is 0.299 e. The van der Waals surface area contributed by atoms with Crippen LogP contribution in [0.25, 0.3) is 0 Å². The fourth-order valence-electron chi connectivity index (χ4n) is 4.93. The van der Waals surface area contributed by atoms with Gasteiger partial charge in [-0.1, -0.05) is 0 Å². The number of sulfonamides is 1. The second-order valence-electron chi connectivity index (χ2n) is 7.38. The molecular formula is C17H15F3N2O3S. The van der Waals surface area contributed by atoms with Crippen LogP contribution in [0, 0.1) is 29.1 Å². The molecule has 1 aromatic rings. The van der Waals surface area contributed by atoms with E-state index in [2.05, 4.69) is 0 Å². The summed E-state index contributed by atoms with van der Waals surface area (Å²) in [5.74, 6) is -1.00. The van der Waals surface area contributed by atoms with Crippen molar-refractivity contribution < 1.29 is 26.4 Å². The van der Waals surface area contributed by atoms with Crippen molar-refractivity contribution >= 4 is 21.5 Å². The summed E-state index contributed by atoms with van der Waals surface area (Å²) < 4.78 is 65.9. The highest BCUT2D eigenvalue weighted by Gasteiger charge is 2.70. The van der Waals surface area contributed by atoms with Gasteiger partial charge in [-0.25, -0.2) is 8.42 Å². The molecule has 4 rings (SSSR count). The molecule has 0 unspecified atom stereocenters. The van der Waals surface area contributed by atoms with Crippen molar-refractivity contribution in [1.82, 2.24) is 0 Å². The van der Waals surface area contributed by atoms with Crippen LogP contribution >= 0.6 is 0 Å². The van der Waals surface area contributed by atoms with Crippen LogP contribution < -0.4 is 4.31 Å². The number of nitrogens with zero attached hydrogens (tertiary/aromatic N) is 2. The number of nitriles is 1. The Kier molecular flexibility index (Phi) is 3.34. The van der Waals surface area contributed by atoms with Gasteiger partial charge in [-0.3, -0.25) is 9.10 Å². The van der Waals surface area contributed by atoms with Crippen LogP contribution in [0.1, 0.15) is 30.9 Å². The van der Waals surface area contributed by atoms with E-state index in [0.717, 1.165) is 10.4 Å². The lowest BCUT2D eigenvalue weighted by molar-refractivity contribution is -0.137. The maximum Gasteiger partial charge on any atom is 0.417 e. The number of fused-ring (bicyclic) bond motifs is 5. The normalized spacial score (nSPS) is 34.8. The van der Waals surface area contributed by atoms with E-state index >= 15 is 0 Å². The minimum absolute atomic E-state index is 0.00502. The standard InChI is InChI=1S/C17H15F3N2O3S/c1-16-10-4-12(15(23)5-10)14(16)8-22(26(16,24)25)11-3-2-9(7-21)13(6-11)17(18,19)20/h2-3,6,10,12,14H,4-5,8H2,1H3/t10-,12-,14-,16+/m0/s1. The summed E-state index contributed by atoms with van der Waals surface area (Å²) >= 11 is 0. The minimum Gasteiger partial charge on any atom is -0.299 e. The Balaban J connectivity index is 1.82. The van der Waals surface area contributed by atoms with Crippen molar-refractivity contribution in [3.05, 3.63) is 29.3 Å². The predicted molar refractivity (Wildman–Crippen MR) is 85.5 cm³/mol. The van der Waals surface area contributed by atoms with E-state index < -0.39 is 38.0 Å². The highest BCUT2D eigenvalue weighted by molar-refractivity contribution is 7.94. The van der Waals surface area contributed by atoms with Gasteiger partial charge in [0, 0.05) is 24.8 Å². The number of hydrogen-bond acceptors (Lipinski definition) is 4. The summed E-state index contributed by atoms with van der Waals surface area (Å²) in [5.41, 5.74) is -1.83. The lowest BCUT2D eigenvalue weighted by Crippen LogP contribution is -2.46. The van der Waals surface area contributed by atoms with Gasteiger partial charge in [0.15, 0.2) is 0 Å². The second-order valence-corrected chi connectivity index (χ2v) is 9.65. The van der Waals surface area contributed by atoms with Crippen LogP contribution in [0.15, 0.2) is 18.2 Å². The van der Waals surface area contributed by atoms with E-state index in [0.29, 0.717) is 12.5 Å². The number of benzene rings is 1. The number of carbonyl (C=O) groups is 1. The summed E-state index contributed by atoms with van der Waals surface area (Å²) in [5, 5.41) is 8.90. The first-order chi connectivity index (χ1) is 12.0. The second kappa shape index (κ2) is 5.00. The number of Topliss-reactive ketones (excluding diaryl/α,β-unsaturated/α-hetero) is 1. The third-order valence-electron chi connectivity index (χ3n) is 6.36. The molecule has 3 fully saturated rings. The molecule has 26 heavy (non-hydrogen) atoms. The number of rotatable bonds is 1. The SMILES string of the molecule is C[C@@]12[C@@H]3CC(=O)[C@@H](C3)[C@@H]1CN(c1ccc(C#N)c(C(F)(F)F)c1)S2(=O)=O. The molecule has 0 spiro atoms. The lowest BCUT2D eigenvalue weighted by Gasteiger charge is -2.32. The summed E-state index contributed by atoms with van der Waals surface area (Å²) in [6.45, 7) is 1.60. The largest absolute Gasteiger partial charge is 0.417 e. The Morgan fingerprint density at radius 3 is 2.65 bits per heavy atom. The van der Waals surface area contributed by atoms with Gasteiger partial charge in [0.1, 0.15) is 5.78 Å². The molecule has 2 bridgehead atoms. The molecule has 2 aliphatic carbocycles. The molecule has 1 aliphatic heterocycles. The molecule has 138 valence electrons. The van der Waals surface area contributed by atoms with Crippen LogP contribution in [0.4, 0.5) is 18.9 Å². The zero-order valence-corrected chi connectivity index (χ0v) is 14.6. The number of hydrogen-bond donors (Lipinski definition) is 0. The van der Waals surface area contributed by atoms with Crippen molar-refractivity contribution in [3.8, 4) is 6.07 Å². The Labute approximate surface area is 148 Å². The quantitative estimate of drug-likeness (QED) is 0.746. The Hall–Kier alpha value is -2.08. The lowest BCUT2D eigenvalue weighted by atomic mass is 9.79. The Morgan fingerprint density at radius 2 is 2.04 bits per heavy atom. The third kappa shape index (κ3) is 1.96. The topological polar surface area (TPSA) is 78.2 Å². The third-order valence-corrected chi connectivity index (χ3v) is 9.05.